The number of methoxy groups -OCH3 is 1. The molecule has 0 aliphatic heterocycles. The molecule has 1 amide bonds. The zero-order valence-electron chi connectivity index (χ0n) is 18.4. The molecule has 3 aromatic rings. The van der Waals surface area contributed by atoms with Crippen molar-refractivity contribution in [3.05, 3.63) is 35.0 Å². The largest absolute Gasteiger partial charge is 0.479 e. The third-order valence-corrected chi connectivity index (χ3v) is 6.07. The van der Waals surface area contributed by atoms with E-state index in [1.165, 1.54) is 12.7 Å². The average Bonchev–Trinajstić information content (AvgIpc) is 3.28. The molecule has 9 heteroatoms. The molecule has 3 rings (SSSR count). The van der Waals surface area contributed by atoms with Crippen LogP contribution in [-0.4, -0.2) is 58.9 Å². The molecule has 2 aromatic heterocycles. The third kappa shape index (κ3) is 4.94. The van der Waals surface area contributed by atoms with Gasteiger partial charge in [-0.25, -0.2) is 4.98 Å². The molecule has 0 atom stereocenters. The molecule has 0 N–H and O–H groups in total. The molecule has 0 saturated carbocycles. The number of hydrogen-bond donors (Lipinski definition) is 0. The highest BCUT2D eigenvalue weighted by molar-refractivity contribution is 7.22. The van der Waals surface area contributed by atoms with Crippen LogP contribution in [0.1, 0.15) is 35.3 Å². The normalized spacial score (nSPS) is 11.0. The van der Waals surface area contributed by atoms with Crippen LogP contribution in [0.5, 0.6) is 5.88 Å². The lowest BCUT2D eigenvalue weighted by Crippen LogP contribution is -2.38. The van der Waals surface area contributed by atoms with Crippen LogP contribution >= 0.6 is 23.7 Å². The molecule has 0 fully saturated rings. The van der Waals surface area contributed by atoms with E-state index in [4.69, 9.17) is 9.72 Å². The van der Waals surface area contributed by atoms with Crippen molar-refractivity contribution in [3.63, 3.8) is 0 Å². The highest BCUT2D eigenvalue weighted by Gasteiger charge is 2.26. The fourth-order valence-corrected chi connectivity index (χ4v) is 4.62. The van der Waals surface area contributed by atoms with E-state index in [0.717, 1.165) is 35.4 Å². The van der Waals surface area contributed by atoms with E-state index in [1.807, 2.05) is 0 Å². The molecule has 1 aromatic carbocycles. The molecule has 0 aliphatic carbocycles. The summed E-state index contributed by atoms with van der Waals surface area (Å²) in [6.07, 6.45) is 1.70. The van der Waals surface area contributed by atoms with E-state index in [9.17, 15) is 4.79 Å². The second-order valence-corrected chi connectivity index (χ2v) is 8.14. The number of halogens is 1. The van der Waals surface area contributed by atoms with Crippen molar-refractivity contribution in [1.29, 1.82) is 0 Å². The first-order chi connectivity index (χ1) is 13.9. The van der Waals surface area contributed by atoms with E-state index < -0.39 is 0 Å². The van der Waals surface area contributed by atoms with Crippen LogP contribution in [0.15, 0.2) is 18.3 Å². The summed E-state index contributed by atoms with van der Waals surface area (Å²) in [5.41, 5.74) is 3.72. The van der Waals surface area contributed by atoms with Crippen LogP contribution in [0, 0.1) is 13.8 Å². The number of benzene rings is 1. The summed E-state index contributed by atoms with van der Waals surface area (Å²) in [4.78, 5) is 22.4. The van der Waals surface area contributed by atoms with Gasteiger partial charge >= 0.3 is 0 Å². The lowest BCUT2D eigenvalue weighted by atomic mass is 10.1. The maximum absolute atomic E-state index is 13.5. The summed E-state index contributed by atoms with van der Waals surface area (Å²) in [6, 6.07) is 4.25. The molecule has 164 valence electrons. The molecular weight excluding hydrogens is 422 g/mol. The molecule has 7 nitrogen and oxygen atoms in total. The Morgan fingerprint density at radius 1 is 1.20 bits per heavy atom. The molecular formula is C21H30ClN5O2S. The van der Waals surface area contributed by atoms with Gasteiger partial charge in [0.15, 0.2) is 5.13 Å². The van der Waals surface area contributed by atoms with Crippen LogP contribution in [0.25, 0.3) is 10.2 Å². The quantitative estimate of drug-likeness (QED) is 0.516. The minimum atomic E-state index is -0.143. The van der Waals surface area contributed by atoms with Gasteiger partial charge in [-0.1, -0.05) is 31.3 Å². The van der Waals surface area contributed by atoms with Gasteiger partial charge in [0.2, 0.25) is 5.88 Å². The van der Waals surface area contributed by atoms with Crippen LogP contribution < -0.4 is 9.64 Å². The Morgan fingerprint density at radius 3 is 2.53 bits per heavy atom. The number of fused-ring (bicyclic) bond motifs is 1. The molecule has 0 unspecified atom stereocenters. The zero-order valence-corrected chi connectivity index (χ0v) is 20.1. The average molecular weight is 452 g/mol. The van der Waals surface area contributed by atoms with Crippen molar-refractivity contribution in [3.8, 4) is 5.88 Å². The summed E-state index contributed by atoms with van der Waals surface area (Å²) < 4.78 is 8.02. The monoisotopic (exact) mass is 451 g/mol. The Labute approximate surface area is 188 Å². The van der Waals surface area contributed by atoms with Gasteiger partial charge in [0.1, 0.15) is 5.56 Å². The lowest BCUT2D eigenvalue weighted by Gasteiger charge is -2.24. The fraction of sp³-hybridized carbons (Fsp3) is 0.476. The van der Waals surface area contributed by atoms with Crippen molar-refractivity contribution < 1.29 is 9.53 Å². The number of amides is 1. The number of likely N-dealkylation sites (N-methyl/N-ethyl adjacent to an activating group) is 1. The first kappa shape index (κ1) is 24.1. The maximum Gasteiger partial charge on any atom is 0.267 e. The van der Waals surface area contributed by atoms with Crippen LogP contribution in [0.2, 0.25) is 0 Å². The van der Waals surface area contributed by atoms with Gasteiger partial charge in [0.25, 0.3) is 5.91 Å². The Hall–Kier alpha value is -2.16. The standard InChI is InChI=1S/C21H29N5O2S.ClH/c1-7-25(8-2)9-10-26(20(27)16-13-24(5)23-19(16)28-6)21-22-18-15(4)11-14(3)12-17(18)29-21;/h11-13H,7-10H2,1-6H3;1H. The molecule has 0 radical (unpaired) electrons. The molecule has 0 saturated heterocycles. The Morgan fingerprint density at radius 2 is 1.90 bits per heavy atom. The number of carbonyl (C=O) groups excluding carboxylic acids is 1. The predicted molar refractivity (Wildman–Crippen MR) is 126 cm³/mol. The number of ether oxygens (including phenoxy) is 1. The minimum absolute atomic E-state index is 0. The summed E-state index contributed by atoms with van der Waals surface area (Å²) >= 11 is 1.55. The Balaban J connectivity index is 0.00000320. The number of anilines is 1. The van der Waals surface area contributed by atoms with E-state index in [1.54, 1.807) is 34.2 Å². The third-order valence-electron chi connectivity index (χ3n) is 5.05. The van der Waals surface area contributed by atoms with Crippen molar-refractivity contribution in [2.45, 2.75) is 27.7 Å². The Bertz CT molecular complexity index is 1010. The molecule has 0 aliphatic rings. The van der Waals surface area contributed by atoms with E-state index >= 15 is 0 Å². The predicted octanol–water partition coefficient (Wildman–Crippen LogP) is 4.07. The topological polar surface area (TPSA) is 63.5 Å². The molecule has 30 heavy (non-hydrogen) atoms. The number of nitrogens with zero attached hydrogens (tertiary/aromatic N) is 5. The van der Waals surface area contributed by atoms with E-state index in [2.05, 4.69) is 49.8 Å². The molecule has 2 heterocycles. The highest BCUT2D eigenvalue weighted by Crippen LogP contribution is 2.33. The summed E-state index contributed by atoms with van der Waals surface area (Å²) in [5, 5.41) is 4.95. The first-order valence-electron chi connectivity index (χ1n) is 9.87. The second-order valence-electron chi connectivity index (χ2n) is 7.13. The van der Waals surface area contributed by atoms with Gasteiger partial charge in [0, 0.05) is 26.3 Å². The number of aromatic nitrogens is 3. The van der Waals surface area contributed by atoms with Crippen LogP contribution in [0.3, 0.4) is 0 Å². The van der Waals surface area contributed by atoms with Crippen molar-refractivity contribution in [2.75, 3.05) is 38.2 Å². The van der Waals surface area contributed by atoms with Gasteiger partial charge in [-0.2, -0.15) is 0 Å². The van der Waals surface area contributed by atoms with Gasteiger partial charge < -0.3 is 9.64 Å². The smallest absolute Gasteiger partial charge is 0.267 e. The van der Waals surface area contributed by atoms with Crippen molar-refractivity contribution in [1.82, 2.24) is 19.7 Å². The van der Waals surface area contributed by atoms with Gasteiger partial charge in [-0.05, 0) is 44.1 Å². The minimum Gasteiger partial charge on any atom is -0.479 e. The van der Waals surface area contributed by atoms with Gasteiger partial charge in [0.05, 0.1) is 17.3 Å². The first-order valence-corrected chi connectivity index (χ1v) is 10.7. The van der Waals surface area contributed by atoms with Gasteiger partial charge in [-0.3, -0.25) is 14.4 Å². The summed E-state index contributed by atoms with van der Waals surface area (Å²) in [5.74, 6) is 0.189. The summed E-state index contributed by atoms with van der Waals surface area (Å²) in [7, 11) is 3.31. The van der Waals surface area contributed by atoms with Crippen molar-refractivity contribution >= 4 is 45.0 Å². The lowest BCUT2D eigenvalue weighted by molar-refractivity contribution is 0.0981. The van der Waals surface area contributed by atoms with Crippen LogP contribution in [0.4, 0.5) is 5.13 Å². The molecule has 0 bridgehead atoms. The van der Waals surface area contributed by atoms with Crippen LogP contribution in [-0.2, 0) is 7.05 Å². The Kier molecular flexibility index (Phi) is 8.23. The number of rotatable bonds is 8. The number of aryl methyl sites for hydroxylation is 3. The van der Waals surface area contributed by atoms with E-state index in [-0.39, 0.29) is 18.3 Å². The zero-order chi connectivity index (χ0) is 21.1. The van der Waals surface area contributed by atoms with Gasteiger partial charge in [-0.15, -0.1) is 17.5 Å². The molecule has 0 spiro atoms. The van der Waals surface area contributed by atoms with Crippen molar-refractivity contribution in [2.24, 2.45) is 7.05 Å². The summed E-state index contributed by atoms with van der Waals surface area (Å²) in [6.45, 7) is 11.6. The number of thiazole rings is 1. The number of hydrogen-bond acceptors (Lipinski definition) is 6. The SMILES string of the molecule is CCN(CC)CCN(C(=O)c1cn(C)nc1OC)c1nc2c(C)cc(C)cc2s1.Cl. The number of carbonyl (C=O) groups is 1. The maximum atomic E-state index is 13.5. The fourth-order valence-electron chi connectivity index (χ4n) is 3.45. The van der Waals surface area contributed by atoms with E-state index in [0.29, 0.717) is 23.1 Å². The highest BCUT2D eigenvalue weighted by atomic mass is 35.5. The second kappa shape index (κ2) is 10.2.